The first kappa shape index (κ1) is 8.24. The Bertz CT molecular complexity index is 235. The van der Waals surface area contributed by atoms with Crippen LogP contribution in [0.25, 0.3) is 0 Å². The third-order valence-electron chi connectivity index (χ3n) is 1.74. The van der Waals surface area contributed by atoms with E-state index in [9.17, 15) is 0 Å². The third kappa shape index (κ3) is 2.03. The number of nitrogens with one attached hydrogen (secondary N) is 1. The summed E-state index contributed by atoms with van der Waals surface area (Å²) in [7, 11) is 0. The van der Waals surface area contributed by atoms with Gasteiger partial charge in [-0.15, -0.1) is 0 Å². The van der Waals surface area contributed by atoms with E-state index >= 15 is 0 Å². The maximum atomic E-state index is 8.63. The molecule has 0 aliphatic rings. The van der Waals surface area contributed by atoms with Gasteiger partial charge in [-0.05, 0) is 19.4 Å². The SMILES string of the molecule is Cc1cccc(C(C)NO)c1. The van der Waals surface area contributed by atoms with Crippen LogP contribution in [0.3, 0.4) is 0 Å². The topological polar surface area (TPSA) is 32.3 Å². The standard InChI is InChI=1S/C9H13NO/c1-7-4-3-5-9(6-7)8(2)10-11/h3-6,8,10-11H,1-2H3. The van der Waals surface area contributed by atoms with Crippen molar-refractivity contribution in [3.63, 3.8) is 0 Å². The lowest BCUT2D eigenvalue weighted by Crippen LogP contribution is -2.12. The number of hydroxylamine groups is 1. The molecule has 2 nitrogen and oxygen atoms in total. The molecule has 1 rings (SSSR count). The highest BCUT2D eigenvalue weighted by molar-refractivity contribution is 5.24. The summed E-state index contributed by atoms with van der Waals surface area (Å²) >= 11 is 0. The summed E-state index contributed by atoms with van der Waals surface area (Å²) in [6.07, 6.45) is 0. The Morgan fingerprint density at radius 3 is 2.73 bits per heavy atom. The molecule has 2 N–H and O–H groups in total. The molecule has 0 amide bonds. The van der Waals surface area contributed by atoms with E-state index in [0.717, 1.165) is 5.56 Å². The second-order valence-corrected chi connectivity index (χ2v) is 2.76. The van der Waals surface area contributed by atoms with Crippen molar-refractivity contribution in [3.05, 3.63) is 35.4 Å². The van der Waals surface area contributed by atoms with Crippen molar-refractivity contribution in [2.24, 2.45) is 0 Å². The van der Waals surface area contributed by atoms with Crippen LogP contribution < -0.4 is 5.48 Å². The van der Waals surface area contributed by atoms with Crippen molar-refractivity contribution in [1.29, 1.82) is 0 Å². The number of hydrogen-bond acceptors (Lipinski definition) is 2. The average molecular weight is 151 g/mol. The van der Waals surface area contributed by atoms with Gasteiger partial charge in [-0.25, -0.2) is 0 Å². The second-order valence-electron chi connectivity index (χ2n) is 2.76. The van der Waals surface area contributed by atoms with Gasteiger partial charge in [-0.1, -0.05) is 29.8 Å². The van der Waals surface area contributed by atoms with Crippen molar-refractivity contribution >= 4 is 0 Å². The van der Waals surface area contributed by atoms with Gasteiger partial charge in [0.1, 0.15) is 0 Å². The van der Waals surface area contributed by atoms with E-state index in [0.29, 0.717) is 0 Å². The summed E-state index contributed by atoms with van der Waals surface area (Å²) in [5.74, 6) is 0. The molecular weight excluding hydrogens is 138 g/mol. The predicted molar refractivity (Wildman–Crippen MR) is 44.5 cm³/mol. The Morgan fingerprint density at radius 2 is 2.18 bits per heavy atom. The van der Waals surface area contributed by atoms with E-state index in [1.165, 1.54) is 5.56 Å². The first-order valence-corrected chi connectivity index (χ1v) is 3.70. The minimum Gasteiger partial charge on any atom is -0.316 e. The van der Waals surface area contributed by atoms with Gasteiger partial charge in [0, 0.05) is 0 Å². The highest BCUT2D eigenvalue weighted by atomic mass is 16.5. The molecule has 0 radical (unpaired) electrons. The Morgan fingerprint density at radius 1 is 1.45 bits per heavy atom. The van der Waals surface area contributed by atoms with Gasteiger partial charge in [0.2, 0.25) is 0 Å². The van der Waals surface area contributed by atoms with Gasteiger partial charge in [0.15, 0.2) is 0 Å². The van der Waals surface area contributed by atoms with Gasteiger partial charge in [-0.3, -0.25) is 0 Å². The molecule has 2 heteroatoms. The molecule has 60 valence electrons. The van der Waals surface area contributed by atoms with Crippen LogP contribution in [0.5, 0.6) is 0 Å². The molecule has 0 saturated carbocycles. The van der Waals surface area contributed by atoms with Crippen LogP contribution >= 0.6 is 0 Å². The molecule has 1 unspecified atom stereocenters. The number of rotatable bonds is 2. The largest absolute Gasteiger partial charge is 0.316 e. The van der Waals surface area contributed by atoms with Crippen LogP contribution in [0.15, 0.2) is 24.3 Å². The maximum Gasteiger partial charge on any atom is 0.0540 e. The van der Waals surface area contributed by atoms with E-state index in [-0.39, 0.29) is 6.04 Å². The second kappa shape index (κ2) is 3.51. The zero-order valence-electron chi connectivity index (χ0n) is 6.83. The van der Waals surface area contributed by atoms with Crippen LogP contribution in [-0.4, -0.2) is 5.21 Å². The highest BCUT2D eigenvalue weighted by Crippen LogP contribution is 2.12. The molecule has 0 aliphatic carbocycles. The molecule has 0 bridgehead atoms. The first-order valence-electron chi connectivity index (χ1n) is 3.70. The van der Waals surface area contributed by atoms with Crippen LogP contribution in [0.2, 0.25) is 0 Å². The van der Waals surface area contributed by atoms with Crippen molar-refractivity contribution in [3.8, 4) is 0 Å². The van der Waals surface area contributed by atoms with Crippen molar-refractivity contribution in [2.45, 2.75) is 19.9 Å². The lowest BCUT2D eigenvalue weighted by molar-refractivity contribution is 0.133. The summed E-state index contributed by atoms with van der Waals surface area (Å²) in [4.78, 5) is 0. The monoisotopic (exact) mass is 151 g/mol. The van der Waals surface area contributed by atoms with Gasteiger partial charge in [0.25, 0.3) is 0 Å². The maximum absolute atomic E-state index is 8.63. The molecule has 1 aromatic carbocycles. The summed E-state index contributed by atoms with van der Waals surface area (Å²) in [5.41, 5.74) is 4.53. The quantitative estimate of drug-likeness (QED) is 0.634. The van der Waals surface area contributed by atoms with Crippen LogP contribution in [0.1, 0.15) is 24.1 Å². The van der Waals surface area contributed by atoms with E-state index in [4.69, 9.17) is 5.21 Å². The Balaban J connectivity index is 2.86. The number of hydrogen-bond donors (Lipinski definition) is 2. The third-order valence-corrected chi connectivity index (χ3v) is 1.74. The van der Waals surface area contributed by atoms with Gasteiger partial charge >= 0.3 is 0 Å². The lowest BCUT2D eigenvalue weighted by Gasteiger charge is -2.09. The summed E-state index contributed by atoms with van der Waals surface area (Å²) < 4.78 is 0. The molecule has 0 spiro atoms. The lowest BCUT2D eigenvalue weighted by atomic mass is 10.1. The molecule has 1 aromatic rings. The van der Waals surface area contributed by atoms with E-state index in [1.807, 2.05) is 38.1 Å². The van der Waals surface area contributed by atoms with Crippen LogP contribution in [0, 0.1) is 6.92 Å². The van der Waals surface area contributed by atoms with Crippen LogP contribution in [-0.2, 0) is 0 Å². The Labute approximate surface area is 66.8 Å². The molecule has 0 saturated heterocycles. The minimum absolute atomic E-state index is 0.00917. The van der Waals surface area contributed by atoms with Crippen molar-refractivity contribution in [2.75, 3.05) is 0 Å². The smallest absolute Gasteiger partial charge is 0.0540 e. The first-order chi connectivity index (χ1) is 5.24. The van der Waals surface area contributed by atoms with Gasteiger partial charge < -0.3 is 5.21 Å². The zero-order valence-corrected chi connectivity index (χ0v) is 6.83. The van der Waals surface area contributed by atoms with Gasteiger partial charge in [-0.2, -0.15) is 5.48 Å². The zero-order chi connectivity index (χ0) is 8.27. The molecule has 11 heavy (non-hydrogen) atoms. The normalized spacial score (nSPS) is 13.0. The average Bonchev–Trinajstić information content (AvgIpc) is 2.03. The van der Waals surface area contributed by atoms with Crippen LogP contribution in [0.4, 0.5) is 0 Å². The molecule has 0 fully saturated rings. The molecular formula is C9H13NO. The summed E-state index contributed by atoms with van der Waals surface area (Å²) in [5, 5.41) is 8.63. The molecule has 0 aromatic heterocycles. The minimum atomic E-state index is 0.00917. The van der Waals surface area contributed by atoms with Crippen molar-refractivity contribution in [1.82, 2.24) is 5.48 Å². The highest BCUT2D eigenvalue weighted by Gasteiger charge is 2.01. The Hall–Kier alpha value is -0.860. The van der Waals surface area contributed by atoms with E-state index < -0.39 is 0 Å². The predicted octanol–water partition coefficient (Wildman–Crippen LogP) is 2.03. The number of aryl methyl sites for hydroxylation is 1. The summed E-state index contributed by atoms with van der Waals surface area (Å²) in [6, 6.07) is 8.07. The molecule has 0 heterocycles. The fraction of sp³-hybridized carbons (Fsp3) is 0.333. The summed E-state index contributed by atoms with van der Waals surface area (Å²) in [6.45, 7) is 3.95. The van der Waals surface area contributed by atoms with Gasteiger partial charge in [0.05, 0.1) is 6.04 Å². The van der Waals surface area contributed by atoms with Crippen molar-refractivity contribution < 1.29 is 5.21 Å². The molecule has 0 aliphatic heterocycles. The molecule has 1 atom stereocenters. The Kier molecular flexibility index (Phi) is 2.63. The van der Waals surface area contributed by atoms with E-state index in [2.05, 4.69) is 5.48 Å². The fourth-order valence-corrected chi connectivity index (χ4v) is 1.01. The fourth-order valence-electron chi connectivity index (χ4n) is 1.01. The van der Waals surface area contributed by atoms with E-state index in [1.54, 1.807) is 0 Å². The number of benzene rings is 1.